The molecule has 0 bridgehead atoms. The number of piperidine rings is 1. The molecule has 0 unspecified atom stereocenters. The molecule has 2 saturated heterocycles. The van der Waals surface area contributed by atoms with Crippen LogP contribution in [0.15, 0.2) is 48.5 Å². The number of rotatable bonds is 8. The number of hydrogen-bond acceptors (Lipinski definition) is 6. The monoisotopic (exact) mass is 534 g/mol. The van der Waals surface area contributed by atoms with Gasteiger partial charge in [-0.25, -0.2) is 4.79 Å². The lowest BCUT2D eigenvalue weighted by Gasteiger charge is -2.36. The number of aromatic hydroxyl groups is 1. The average Bonchev–Trinajstić information content (AvgIpc) is 3.20. The molecule has 0 aromatic heterocycles. The largest absolute Gasteiger partial charge is 0.508 e. The zero-order valence-electron chi connectivity index (χ0n) is 20.6. The molecule has 2 aromatic rings. The molecule has 5 rings (SSSR count). The first kappa shape index (κ1) is 28.3. The third-order valence-electron chi connectivity index (χ3n) is 7.21. The van der Waals surface area contributed by atoms with Gasteiger partial charge in [-0.2, -0.15) is 27.0 Å². The van der Waals surface area contributed by atoms with Crippen LogP contribution >= 0.6 is 27.0 Å². The molecule has 0 spiro atoms. The number of benzene rings is 2. The van der Waals surface area contributed by atoms with Crippen molar-refractivity contribution in [2.24, 2.45) is 5.92 Å². The Morgan fingerprint density at radius 3 is 2.50 bits per heavy atom. The van der Waals surface area contributed by atoms with Crippen molar-refractivity contribution in [3.8, 4) is 17.2 Å². The van der Waals surface area contributed by atoms with Crippen molar-refractivity contribution in [2.75, 3.05) is 39.4 Å². The Morgan fingerprint density at radius 2 is 1.72 bits per heavy atom. The lowest BCUT2D eigenvalue weighted by atomic mass is 9.92. The van der Waals surface area contributed by atoms with Crippen molar-refractivity contribution in [3.63, 3.8) is 0 Å². The first-order valence-electron chi connectivity index (χ1n) is 12.5. The highest BCUT2D eigenvalue weighted by Crippen LogP contribution is 2.35. The number of carbonyl (C=O) groups excluding carboxylic acids is 1. The molecule has 2 fully saturated rings. The van der Waals surface area contributed by atoms with Crippen LogP contribution in [0.5, 0.6) is 17.2 Å². The number of likely N-dealkylation sites (tertiary alicyclic amines) is 1. The predicted octanol–water partition coefficient (Wildman–Crippen LogP) is 4.31. The number of phenols is 1. The van der Waals surface area contributed by atoms with Gasteiger partial charge in [0, 0.05) is 19.2 Å². The molecular formula is C27H38N2O5S2. The van der Waals surface area contributed by atoms with E-state index in [0.29, 0.717) is 30.6 Å². The fraction of sp³-hybridized carbons (Fsp3) is 0.519. The molecule has 0 radical (unpaired) electrons. The Bertz CT molecular complexity index is 972. The summed E-state index contributed by atoms with van der Waals surface area (Å²) in [4.78, 5) is 16.6. The third-order valence-corrected chi connectivity index (χ3v) is 7.21. The highest BCUT2D eigenvalue weighted by atomic mass is 32.1. The van der Waals surface area contributed by atoms with Gasteiger partial charge in [-0.1, -0.05) is 30.3 Å². The molecule has 198 valence electrons. The minimum atomic E-state index is -0.165. The molecule has 2 aromatic carbocycles. The van der Waals surface area contributed by atoms with E-state index in [4.69, 9.17) is 14.2 Å². The SMILES string of the molecule is O=C1OC[C@H](Cc2ccccc2)N1CCCC1CCN(C[C@H]2COc3cc(O)ccc3O2)CC1.S.S. The molecule has 2 atom stereocenters. The van der Waals surface area contributed by atoms with Gasteiger partial charge in [-0.3, -0.25) is 4.90 Å². The van der Waals surface area contributed by atoms with Crippen LogP contribution in [-0.4, -0.2) is 72.5 Å². The van der Waals surface area contributed by atoms with E-state index in [9.17, 15) is 9.90 Å². The first-order chi connectivity index (χ1) is 16.6. The molecule has 36 heavy (non-hydrogen) atoms. The minimum absolute atomic E-state index is 0. The summed E-state index contributed by atoms with van der Waals surface area (Å²) >= 11 is 0. The van der Waals surface area contributed by atoms with Crippen molar-refractivity contribution < 1.29 is 24.1 Å². The number of ether oxygens (including phenoxy) is 3. The molecule has 1 amide bonds. The number of hydrogen-bond donors (Lipinski definition) is 1. The number of phenolic OH excluding ortho intramolecular Hbond substituents is 1. The lowest BCUT2D eigenvalue weighted by molar-refractivity contribution is 0.0467. The zero-order valence-corrected chi connectivity index (χ0v) is 22.6. The first-order valence-corrected chi connectivity index (χ1v) is 12.5. The molecule has 9 heteroatoms. The summed E-state index contributed by atoms with van der Waals surface area (Å²) in [5.74, 6) is 2.21. The van der Waals surface area contributed by atoms with Gasteiger partial charge in [0.25, 0.3) is 0 Å². The van der Waals surface area contributed by atoms with Gasteiger partial charge < -0.3 is 24.2 Å². The fourth-order valence-electron chi connectivity index (χ4n) is 5.31. The maximum atomic E-state index is 12.2. The number of carbonyl (C=O) groups is 1. The highest BCUT2D eigenvalue weighted by Gasteiger charge is 2.33. The fourth-order valence-corrected chi connectivity index (χ4v) is 5.31. The van der Waals surface area contributed by atoms with E-state index in [1.165, 1.54) is 18.4 Å². The van der Waals surface area contributed by atoms with E-state index in [-0.39, 0.29) is 51.0 Å². The van der Waals surface area contributed by atoms with Gasteiger partial charge in [-0.05, 0) is 68.8 Å². The van der Waals surface area contributed by atoms with E-state index in [1.807, 2.05) is 23.1 Å². The second-order valence-corrected chi connectivity index (χ2v) is 9.68. The molecule has 3 aliphatic rings. The molecular weight excluding hydrogens is 496 g/mol. The summed E-state index contributed by atoms with van der Waals surface area (Å²) in [6.45, 7) is 4.76. The number of nitrogens with zero attached hydrogens (tertiary/aromatic N) is 2. The summed E-state index contributed by atoms with van der Waals surface area (Å²) in [7, 11) is 0. The zero-order chi connectivity index (χ0) is 23.3. The smallest absolute Gasteiger partial charge is 0.410 e. The summed E-state index contributed by atoms with van der Waals surface area (Å²) in [5.41, 5.74) is 1.25. The normalized spacial score (nSPS) is 21.9. The van der Waals surface area contributed by atoms with Crippen molar-refractivity contribution in [1.29, 1.82) is 0 Å². The van der Waals surface area contributed by atoms with E-state index < -0.39 is 0 Å². The third kappa shape index (κ3) is 7.17. The molecule has 7 nitrogen and oxygen atoms in total. The minimum Gasteiger partial charge on any atom is -0.508 e. The van der Waals surface area contributed by atoms with Crippen LogP contribution in [0.25, 0.3) is 0 Å². The summed E-state index contributed by atoms with van der Waals surface area (Å²) < 4.78 is 17.2. The topological polar surface area (TPSA) is 71.5 Å². The maximum absolute atomic E-state index is 12.2. The van der Waals surface area contributed by atoms with Crippen LogP contribution in [0, 0.1) is 5.92 Å². The number of fused-ring (bicyclic) bond motifs is 1. The van der Waals surface area contributed by atoms with Crippen molar-refractivity contribution in [3.05, 3.63) is 54.1 Å². The summed E-state index contributed by atoms with van der Waals surface area (Å²) in [5, 5.41) is 9.58. The number of cyclic esters (lactones) is 1. The van der Waals surface area contributed by atoms with Crippen molar-refractivity contribution >= 4 is 33.1 Å². The van der Waals surface area contributed by atoms with Gasteiger partial charge >= 0.3 is 6.09 Å². The Morgan fingerprint density at radius 1 is 0.944 bits per heavy atom. The second kappa shape index (κ2) is 13.4. The summed E-state index contributed by atoms with van der Waals surface area (Å²) in [6, 6.07) is 15.5. The van der Waals surface area contributed by atoms with Gasteiger partial charge in [0.15, 0.2) is 11.5 Å². The lowest BCUT2D eigenvalue weighted by Crippen LogP contribution is -2.44. The highest BCUT2D eigenvalue weighted by molar-refractivity contribution is 7.59. The van der Waals surface area contributed by atoms with Gasteiger partial charge in [0.2, 0.25) is 0 Å². The summed E-state index contributed by atoms with van der Waals surface area (Å²) in [6.07, 6.45) is 5.22. The quantitative estimate of drug-likeness (QED) is 0.544. The number of amides is 1. The molecule has 0 saturated carbocycles. The van der Waals surface area contributed by atoms with E-state index in [1.54, 1.807) is 18.2 Å². The van der Waals surface area contributed by atoms with Crippen LogP contribution < -0.4 is 9.47 Å². The van der Waals surface area contributed by atoms with Gasteiger partial charge in [-0.15, -0.1) is 0 Å². The van der Waals surface area contributed by atoms with Crippen LogP contribution in [0.4, 0.5) is 4.79 Å². The van der Waals surface area contributed by atoms with Crippen molar-refractivity contribution in [2.45, 2.75) is 44.2 Å². The average molecular weight is 535 g/mol. The Balaban J connectivity index is 0.00000180. The van der Waals surface area contributed by atoms with E-state index in [2.05, 4.69) is 17.0 Å². The molecule has 0 aliphatic carbocycles. The van der Waals surface area contributed by atoms with Gasteiger partial charge in [0.1, 0.15) is 25.1 Å². The van der Waals surface area contributed by atoms with Crippen molar-refractivity contribution in [1.82, 2.24) is 9.80 Å². The van der Waals surface area contributed by atoms with Crippen LogP contribution in [0.1, 0.15) is 31.2 Å². The second-order valence-electron chi connectivity index (χ2n) is 9.68. The molecule has 1 N–H and O–H groups in total. The van der Waals surface area contributed by atoms with Crippen LogP contribution in [0.2, 0.25) is 0 Å². The van der Waals surface area contributed by atoms with Crippen LogP contribution in [0.3, 0.4) is 0 Å². The van der Waals surface area contributed by atoms with E-state index >= 15 is 0 Å². The Labute approximate surface area is 227 Å². The standard InChI is InChI=1S/C27H34N2O5.2H2S/c30-23-8-9-25-26(16-23)32-19-24(34-25)17-28-13-10-20(11-14-28)7-4-12-29-22(18-33-27(29)31)15-21-5-2-1-3-6-21;;/h1-3,5-6,8-9,16,20,22,24,30H,4,7,10-15,17-19H2;2*1H2/t22-,24-;;/m0../s1. The van der Waals surface area contributed by atoms with Crippen LogP contribution in [-0.2, 0) is 11.2 Å². The predicted molar refractivity (Wildman–Crippen MR) is 149 cm³/mol. The Hall–Kier alpha value is -2.23. The maximum Gasteiger partial charge on any atom is 0.410 e. The molecule has 3 aliphatic heterocycles. The van der Waals surface area contributed by atoms with Gasteiger partial charge in [0.05, 0.1) is 6.04 Å². The van der Waals surface area contributed by atoms with E-state index in [0.717, 1.165) is 45.4 Å². The Kier molecular flexibility index (Phi) is 10.5. The molecule has 3 heterocycles.